The third-order valence-corrected chi connectivity index (χ3v) is 4.94. The van der Waals surface area contributed by atoms with Crippen LogP contribution in [0.4, 0.5) is 5.69 Å². The monoisotopic (exact) mass is 361 g/mol. The Bertz CT molecular complexity index is 865. The maximum atomic E-state index is 12.7. The first-order valence-corrected chi connectivity index (χ1v) is 9.23. The molecule has 0 spiro atoms. The van der Waals surface area contributed by atoms with Gasteiger partial charge in [-0.3, -0.25) is 9.59 Å². The fourth-order valence-corrected chi connectivity index (χ4v) is 2.88. The minimum absolute atomic E-state index is 0.311. The minimum atomic E-state index is -3.59. The molecule has 0 aromatic heterocycles. The van der Waals surface area contributed by atoms with Gasteiger partial charge in [0.05, 0.1) is 6.26 Å². The zero-order valence-corrected chi connectivity index (χ0v) is 14.7. The molecule has 0 bridgehead atoms. The Labute approximate surface area is 146 Å². The molecule has 2 amide bonds. The van der Waals surface area contributed by atoms with Crippen LogP contribution in [-0.2, 0) is 14.8 Å². The van der Waals surface area contributed by atoms with Crippen LogP contribution in [0.15, 0.2) is 54.6 Å². The Morgan fingerprint density at radius 2 is 1.60 bits per heavy atom. The minimum Gasteiger partial charge on any atom is -0.366 e. The summed E-state index contributed by atoms with van der Waals surface area (Å²) < 4.78 is 24.8. The van der Waals surface area contributed by atoms with Gasteiger partial charge in [-0.15, -0.1) is 0 Å². The lowest BCUT2D eigenvalue weighted by atomic mass is 10.1. The van der Waals surface area contributed by atoms with Crippen LogP contribution in [0.3, 0.4) is 0 Å². The van der Waals surface area contributed by atoms with E-state index in [-0.39, 0.29) is 0 Å². The van der Waals surface area contributed by atoms with Crippen LogP contribution < -0.4 is 11.1 Å². The number of carbonyl (C=O) groups is 2. The van der Waals surface area contributed by atoms with E-state index in [2.05, 4.69) is 5.32 Å². The summed E-state index contributed by atoms with van der Waals surface area (Å²) in [6, 6.07) is 13.6. The highest BCUT2D eigenvalue weighted by Crippen LogP contribution is 2.23. The number of hydrogen-bond acceptors (Lipinski definition) is 4. The maximum absolute atomic E-state index is 12.7. The number of benzene rings is 2. The molecular formula is C17H19N3O4S. The highest BCUT2D eigenvalue weighted by atomic mass is 32.2. The number of amides is 2. The number of nitrogens with zero attached hydrogens (tertiary/aromatic N) is 1. The summed E-state index contributed by atoms with van der Waals surface area (Å²) in [6.07, 6.45) is 1.04. The first-order chi connectivity index (χ1) is 11.7. The number of rotatable bonds is 6. The largest absolute Gasteiger partial charge is 0.366 e. The van der Waals surface area contributed by atoms with E-state index in [9.17, 15) is 18.0 Å². The number of carbonyl (C=O) groups excluding carboxylic acids is 2. The topological polar surface area (TPSA) is 110 Å². The molecule has 0 saturated heterocycles. The number of sulfonamides is 1. The Morgan fingerprint density at radius 3 is 2.08 bits per heavy atom. The van der Waals surface area contributed by atoms with Crippen LogP contribution in [0.1, 0.15) is 22.0 Å². The second-order valence-corrected chi connectivity index (χ2v) is 7.57. The zero-order chi connectivity index (χ0) is 18.6. The number of likely N-dealkylation sites (N-methyl/N-ethyl adjacent to an activating group) is 1. The summed E-state index contributed by atoms with van der Waals surface area (Å²) in [7, 11) is -2.24. The van der Waals surface area contributed by atoms with E-state index in [1.807, 2.05) is 0 Å². The van der Waals surface area contributed by atoms with Crippen molar-refractivity contribution in [2.45, 2.75) is 6.04 Å². The maximum Gasteiger partial charge on any atom is 0.248 e. The highest BCUT2D eigenvalue weighted by Gasteiger charge is 2.30. The summed E-state index contributed by atoms with van der Waals surface area (Å²) in [5, 5.41) is 2.66. The highest BCUT2D eigenvalue weighted by molar-refractivity contribution is 7.88. The molecule has 2 aromatic carbocycles. The molecule has 0 saturated carbocycles. The molecule has 25 heavy (non-hydrogen) atoms. The molecule has 3 N–H and O–H groups in total. The predicted octanol–water partition coefficient (Wildman–Crippen LogP) is 1.36. The fraction of sp³-hybridized carbons (Fsp3) is 0.176. The van der Waals surface area contributed by atoms with E-state index in [0.717, 1.165) is 10.6 Å². The molecule has 0 unspecified atom stereocenters. The number of anilines is 1. The molecule has 0 heterocycles. The predicted molar refractivity (Wildman–Crippen MR) is 95.4 cm³/mol. The van der Waals surface area contributed by atoms with Crippen molar-refractivity contribution in [1.82, 2.24) is 4.31 Å². The summed E-state index contributed by atoms with van der Waals surface area (Å²) in [4.78, 5) is 23.8. The van der Waals surface area contributed by atoms with Crippen LogP contribution in [0.25, 0.3) is 0 Å². The van der Waals surface area contributed by atoms with Gasteiger partial charge in [0.2, 0.25) is 21.8 Å². The molecule has 8 heteroatoms. The number of nitrogens with two attached hydrogens (primary N) is 1. The number of primary amides is 1. The van der Waals surface area contributed by atoms with Gasteiger partial charge in [-0.2, -0.15) is 4.31 Å². The summed E-state index contributed by atoms with van der Waals surface area (Å²) >= 11 is 0. The lowest BCUT2D eigenvalue weighted by molar-refractivity contribution is -0.119. The quantitative estimate of drug-likeness (QED) is 0.809. The van der Waals surface area contributed by atoms with Gasteiger partial charge in [-0.05, 0) is 29.8 Å². The molecule has 7 nitrogen and oxygen atoms in total. The van der Waals surface area contributed by atoms with Crippen LogP contribution in [0.2, 0.25) is 0 Å². The smallest absolute Gasteiger partial charge is 0.248 e. The average Bonchev–Trinajstić information content (AvgIpc) is 2.55. The SMILES string of the molecule is CN([C@@H](C(=O)Nc1ccc(C(N)=O)cc1)c1ccccc1)S(C)(=O)=O. The van der Waals surface area contributed by atoms with Crippen molar-refractivity contribution >= 4 is 27.5 Å². The van der Waals surface area contributed by atoms with Gasteiger partial charge in [-0.25, -0.2) is 8.42 Å². The van der Waals surface area contributed by atoms with Gasteiger partial charge < -0.3 is 11.1 Å². The molecule has 1 atom stereocenters. The zero-order valence-electron chi connectivity index (χ0n) is 13.8. The van der Waals surface area contributed by atoms with Crippen LogP contribution in [0.5, 0.6) is 0 Å². The summed E-state index contributed by atoms with van der Waals surface area (Å²) in [6.45, 7) is 0. The molecule has 0 radical (unpaired) electrons. The van der Waals surface area contributed by atoms with Gasteiger partial charge in [0, 0.05) is 18.3 Å². The standard InChI is InChI=1S/C17H19N3O4S/c1-20(25(2,23)24)15(12-6-4-3-5-7-12)17(22)19-14-10-8-13(9-11-14)16(18)21/h3-11,15H,1-2H3,(H2,18,21)(H,19,22)/t15-/m1/s1. The second kappa shape index (κ2) is 7.45. The van der Waals surface area contributed by atoms with Crippen molar-refractivity contribution in [3.63, 3.8) is 0 Å². The van der Waals surface area contributed by atoms with E-state index < -0.39 is 27.9 Å². The van der Waals surface area contributed by atoms with Gasteiger partial charge >= 0.3 is 0 Å². The first-order valence-electron chi connectivity index (χ1n) is 7.39. The van der Waals surface area contributed by atoms with E-state index >= 15 is 0 Å². The lowest BCUT2D eigenvalue weighted by Gasteiger charge is -2.25. The molecule has 0 fully saturated rings. The van der Waals surface area contributed by atoms with E-state index in [1.54, 1.807) is 30.3 Å². The van der Waals surface area contributed by atoms with Crippen LogP contribution in [0, 0.1) is 0 Å². The fourth-order valence-electron chi connectivity index (χ4n) is 2.28. The molecule has 0 aliphatic rings. The van der Waals surface area contributed by atoms with E-state index in [4.69, 9.17) is 5.73 Å². The van der Waals surface area contributed by atoms with Crippen LogP contribution in [-0.4, -0.2) is 37.8 Å². The first kappa shape index (κ1) is 18.6. The average molecular weight is 361 g/mol. The molecule has 132 valence electrons. The molecule has 0 aliphatic carbocycles. The van der Waals surface area contributed by atoms with Crippen molar-refractivity contribution in [3.05, 3.63) is 65.7 Å². The second-order valence-electron chi connectivity index (χ2n) is 5.52. The Morgan fingerprint density at radius 1 is 1.04 bits per heavy atom. The van der Waals surface area contributed by atoms with Crippen molar-refractivity contribution < 1.29 is 18.0 Å². The van der Waals surface area contributed by atoms with E-state index in [1.165, 1.54) is 31.3 Å². The van der Waals surface area contributed by atoms with Crippen LogP contribution >= 0.6 is 0 Å². The summed E-state index contributed by atoms with van der Waals surface area (Å²) in [5.41, 5.74) is 6.46. The van der Waals surface area contributed by atoms with Crippen molar-refractivity contribution in [3.8, 4) is 0 Å². The number of nitrogens with one attached hydrogen (secondary N) is 1. The third kappa shape index (κ3) is 4.65. The van der Waals surface area contributed by atoms with Gasteiger partial charge in [-0.1, -0.05) is 30.3 Å². The Kier molecular flexibility index (Phi) is 5.55. The Hall–Kier alpha value is -2.71. The normalized spacial score (nSPS) is 12.6. The van der Waals surface area contributed by atoms with Crippen molar-refractivity contribution in [1.29, 1.82) is 0 Å². The third-order valence-electron chi connectivity index (χ3n) is 3.69. The molecule has 2 aromatic rings. The van der Waals surface area contributed by atoms with Crippen molar-refractivity contribution in [2.24, 2.45) is 5.73 Å². The Balaban J connectivity index is 2.31. The van der Waals surface area contributed by atoms with Gasteiger partial charge in [0.15, 0.2) is 0 Å². The molecule has 2 rings (SSSR count). The van der Waals surface area contributed by atoms with Crippen molar-refractivity contribution in [2.75, 3.05) is 18.6 Å². The summed E-state index contributed by atoms with van der Waals surface area (Å²) in [5.74, 6) is -1.08. The number of hydrogen-bond donors (Lipinski definition) is 2. The van der Waals surface area contributed by atoms with Gasteiger partial charge in [0.1, 0.15) is 6.04 Å². The molecule has 0 aliphatic heterocycles. The lowest BCUT2D eigenvalue weighted by Crippen LogP contribution is -2.38. The van der Waals surface area contributed by atoms with E-state index in [0.29, 0.717) is 16.8 Å². The van der Waals surface area contributed by atoms with Gasteiger partial charge in [0.25, 0.3) is 0 Å². The molecular weight excluding hydrogens is 342 g/mol.